The van der Waals surface area contributed by atoms with E-state index in [1.807, 2.05) is 0 Å². The van der Waals surface area contributed by atoms with Gasteiger partial charge in [-0.2, -0.15) is 0 Å². The van der Waals surface area contributed by atoms with Gasteiger partial charge >= 0.3 is 0 Å². The fraction of sp³-hybridized carbons (Fsp3) is 0.444. The SMILES string of the molecule is CC1C(NC(=O)c2ccc(-c3cnccc3F)[nH]2)C2CCN1CC2. The highest BCUT2D eigenvalue weighted by Crippen LogP contribution is 2.32. The maximum absolute atomic E-state index is 13.8. The first-order chi connectivity index (χ1) is 11.6. The van der Waals surface area contributed by atoms with Crippen LogP contribution in [0.15, 0.2) is 30.6 Å². The Balaban J connectivity index is 1.51. The fourth-order valence-corrected chi connectivity index (χ4v) is 4.03. The lowest BCUT2D eigenvalue weighted by atomic mass is 9.79. The van der Waals surface area contributed by atoms with Gasteiger partial charge in [-0.15, -0.1) is 0 Å². The summed E-state index contributed by atoms with van der Waals surface area (Å²) in [5, 5.41) is 3.17. The van der Waals surface area contributed by atoms with Crippen LogP contribution in [-0.4, -0.2) is 45.9 Å². The van der Waals surface area contributed by atoms with E-state index in [0.29, 0.717) is 28.9 Å². The maximum Gasteiger partial charge on any atom is 0.267 e. The first-order valence-electron chi connectivity index (χ1n) is 8.47. The van der Waals surface area contributed by atoms with Crippen LogP contribution in [0.1, 0.15) is 30.3 Å². The number of hydrogen-bond donors (Lipinski definition) is 2. The van der Waals surface area contributed by atoms with Crippen LogP contribution in [0, 0.1) is 11.7 Å². The molecule has 2 N–H and O–H groups in total. The number of aromatic amines is 1. The molecule has 2 bridgehead atoms. The Morgan fingerprint density at radius 1 is 1.33 bits per heavy atom. The van der Waals surface area contributed by atoms with Crippen LogP contribution in [0.2, 0.25) is 0 Å². The normalized spacial score (nSPS) is 28.8. The number of halogens is 1. The van der Waals surface area contributed by atoms with E-state index in [2.05, 4.69) is 27.1 Å². The summed E-state index contributed by atoms with van der Waals surface area (Å²) in [6.45, 7) is 4.44. The highest BCUT2D eigenvalue weighted by atomic mass is 19.1. The molecule has 2 aromatic rings. The van der Waals surface area contributed by atoms with Crippen molar-refractivity contribution in [2.75, 3.05) is 13.1 Å². The number of carbonyl (C=O) groups excluding carboxylic acids is 1. The van der Waals surface area contributed by atoms with Gasteiger partial charge in [-0.05, 0) is 57.0 Å². The minimum atomic E-state index is -0.357. The van der Waals surface area contributed by atoms with Gasteiger partial charge in [-0.3, -0.25) is 14.7 Å². The number of nitrogens with one attached hydrogen (secondary N) is 2. The van der Waals surface area contributed by atoms with Gasteiger partial charge < -0.3 is 10.3 Å². The highest BCUT2D eigenvalue weighted by Gasteiger charge is 2.40. The zero-order valence-corrected chi connectivity index (χ0v) is 13.6. The van der Waals surface area contributed by atoms with Crippen LogP contribution >= 0.6 is 0 Å². The van der Waals surface area contributed by atoms with Crippen molar-refractivity contribution in [1.82, 2.24) is 20.2 Å². The third-order valence-electron chi connectivity index (χ3n) is 5.46. The van der Waals surface area contributed by atoms with Crippen LogP contribution in [0.4, 0.5) is 4.39 Å². The second-order valence-corrected chi connectivity index (χ2v) is 6.75. The Morgan fingerprint density at radius 2 is 2.12 bits per heavy atom. The monoisotopic (exact) mass is 328 g/mol. The number of rotatable bonds is 3. The van der Waals surface area contributed by atoms with Crippen molar-refractivity contribution in [3.05, 3.63) is 42.1 Å². The van der Waals surface area contributed by atoms with Gasteiger partial charge in [0, 0.05) is 24.5 Å². The summed E-state index contributed by atoms with van der Waals surface area (Å²) in [5.74, 6) is 0.0696. The Bertz CT molecular complexity index is 749. The number of aromatic nitrogens is 2. The topological polar surface area (TPSA) is 61.0 Å². The molecule has 5 heterocycles. The summed E-state index contributed by atoms with van der Waals surface area (Å²) >= 11 is 0. The van der Waals surface area contributed by atoms with Crippen molar-refractivity contribution in [2.24, 2.45) is 5.92 Å². The molecular formula is C18H21FN4O. The number of amides is 1. The predicted octanol–water partition coefficient (Wildman–Crippen LogP) is 2.43. The summed E-state index contributed by atoms with van der Waals surface area (Å²) in [5.41, 5.74) is 1.39. The number of carbonyl (C=O) groups is 1. The molecule has 126 valence electrons. The van der Waals surface area contributed by atoms with Crippen LogP contribution in [0.25, 0.3) is 11.3 Å². The molecule has 5 nitrogen and oxygen atoms in total. The van der Waals surface area contributed by atoms with Gasteiger partial charge in [0.1, 0.15) is 11.5 Å². The molecule has 1 amide bonds. The van der Waals surface area contributed by atoms with Gasteiger partial charge in [-0.25, -0.2) is 4.39 Å². The molecule has 2 unspecified atom stereocenters. The van der Waals surface area contributed by atoms with E-state index < -0.39 is 0 Å². The van der Waals surface area contributed by atoms with Crippen molar-refractivity contribution in [2.45, 2.75) is 31.8 Å². The van der Waals surface area contributed by atoms with Crippen LogP contribution in [0.3, 0.4) is 0 Å². The van der Waals surface area contributed by atoms with E-state index in [4.69, 9.17) is 0 Å². The van der Waals surface area contributed by atoms with Gasteiger partial charge in [0.05, 0.1) is 11.3 Å². The summed E-state index contributed by atoms with van der Waals surface area (Å²) in [6, 6.07) is 5.27. The molecule has 3 aliphatic rings. The van der Waals surface area contributed by atoms with E-state index in [1.54, 1.807) is 12.1 Å². The molecule has 0 aromatic carbocycles. The molecule has 0 aliphatic carbocycles. The number of fused-ring (bicyclic) bond motifs is 3. The molecule has 3 saturated heterocycles. The van der Waals surface area contributed by atoms with Crippen molar-refractivity contribution in [3.8, 4) is 11.3 Å². The summed E-state index contributed by atoms with van der Waals surface area (Å²) < 4.78 is 13.8. The largest absolute Gasteiger partial charge is 0.350 e. The van der Waals surface area contributed by atoms with E-state index in [1.165, 1.54) is 18.5 Å². The molecule has 0 spiro atoms. The van der Waals surface area contributed by atoms with E-state index in [-0.39, 0.29) is 17.8 Å². The highest BCUT2D eigenvalue weighted by molar-refractivity contribution is 5.93. The zero-order valence-electron chi connectivity index (χ0n) is 13.6. The molecule has 2 aromatic heterocycles. The molecule has 0 saturated carbocycles. The smallest absolute Gasteiger partial charge is 0.267 e. The molecular weight excluding hydrogens is 307 g/mol. The van der Waals surface area contributed by atoms with Gasteiger partial charge in [-0.1, -0.05) is 0 Å². The van der Waals surface area contributed by atoms with Gasteiger partial charge in [0.15, 0.2) is 0 Å². The predicted molar refractivity (Wildman–Crippen MR) is 89.0 cm³/mol. The minimum Gasteiger partial charge on any atom is -0.350 e. The summed E-state index contributed by atoms with van der Waals surface area (Å²) in [4.78, 5) is 22.0. The number of piperidine rings is 3. The average molecular weight is 328 g/mol. The molecule has 3 fully saturated rings. The third-order valence-corrected chi connectivity index (χ3v) is 5.46. The number of hydrogen-bond acceptors (Lipinski definition) is 3. The third kappa shape index (κ3) is 2.60. The maximum atomic E-state index is 13.8. The first-order valence-corrected chi connectivity index (χ1v) is 8.47. The second kappa shape index (κ2) is 6.02. The lowest BCUT2D eigenvalue weighted by Crippen LogP contribution is -2.62. The Kier molecular flexibility index (Phi) is 3.84. The molecule has 3 aliphatic heterocycles. The van der Waals surface area contributed by atoms with Crippen molar-refractivity contribution in [1.29, 1.82) is 0 Å². The second-order valence-electron chi connectivity index (χ2n) is 6.75. The average Bonchev–Trinajstić information content (AvgIpc) is 3.09. The summed E-state index contributed by atoms with van der Waals surface area (Å²) in [7, 11) is 0. The first kappa shape index (κ1) is 15.3. The Hall–Kier alpha value is -2.21. The fourth-order valence-electron chi connectivity index (χ4n) is 4.03. The standard InChI is InChI=1S/C18H21FN4O/c1-11-17(12-5-8-23(11)9-6-12)22-18(24)16-3-2-15(21-16)13-10-20-7-4-14(13)19/h2-4,7,10-12,17,21H,5-6,8-9H2,1H3,(H,22,24). The number of nitrogens with zero attached hydrogens (tertiary/aromatic N) is 2. The van der Waals surface area contributed by atoms with Gasteiger partial charge in [0.2, 0.25) is 0 Å². The molecule has 6 heteroatoms. The van der Waals surface area contributed by atoms with Gasteiger partial charge in [0.25, 0.3) is 5.91 Å². The Labute approximate surface area is 140 Å². The molecule has 24 heavy (non-hydrogen) atoms. The quantitative estimate of drug-likeness (QED) is 0.910. The molecule has 0 radical (unpaired) electrons. The van der Waals surface area contributed by atoms with Crippen LogP contribution in [0.5, 0.6) is 0 Å². The van der Waals surface area contributed by atoms with E-state index in [9.17, 15) is 9.18 Å². The van der Waals surface area contributed by atoms with Crippen LogP contribution < -0.4 is 5.32 Å². The summed E-state index contributed by atoms with van der Waals surface area (Å²) in [6.07, 6.45) is 5.15. The van der Waals surface area contributed by atoms with E-state index >= 15 is 0 Å². The molecule has 5 rings (SSSR count). The minimum absolute atomic E-state index is 0.129. The zero-order chi connectivity index (χ0) is 16.7. The number of pyridine rings is 1. The van der Waals surface area contributed by atoms with E-state index in [0.717, 1.165) is 25.9 Å². The van der Waals surface area contributed by atoms with Crippen molar-refractivity contribution < 1.29 is 9.18 Å². The van der Waals surface area contributed by atoms with Crippen LogP contribution in [-0.2, 0) is 0 Å². The molecule has 2 atom stereocenters. The van der Waals surface area contributed by atoms with Crippen molar-refractivity contribution in [3.63, 3.8) is 0 Å². The lowest BCUT2D eigenvalue weighted by molar-refractivity contribution is 0.0216. The Morgan fingerprint density at radius 3 is 2.83 bits per heavy atom. The van der Waals surface area contributed by atoms with Crippen molar-refractivity contribution >= 4 is 5.91 Å². The lowest BCUT2D eigenvalue weighted by Gasteiger charge is -2.49. The number of H-pyrrole nitrogens is 1.